The summed E-state index contributed by atoms with van der Waals surface area (Å²) in [6, 6.07) is 0.303. The van der Waals surface area contributed by atoms with Gasteiger partial charge < -0.3 is 9.32 Å². The molecule has 112 valence electrons. The van der Waals surface area contributed by atoms with E-state index in [9.17, 15) is 4.79 Å². The molecule has 2 heterocycles. The fourth-order valence-electron chi connectivity index (χ4n) is 3.09. The molecule has 0 aliphatic carbocycles. The van der Waals surface area contributed by atoms with Crippen molar-refractivity contribution < 1.29 is 9.21 Å². The molecule has 0 saturated carbocycles. The second-order valence-corrected chi connectivity index (χ2v) is 6.43. The van der Waals surface area contributed by atoms with E-state index in [1.54, 1.807) is 6.92 Å². The summed E-state index contributed by atoms with van der Waals surface area (Å²) in [6.45, 7) is 11.1. The van der Waals surface area contributed by atoms with Crippen LogP contribution < -0.4 is 0 Å². The maximum Gasteiger partial charge on any atom is 0.291 e. The lowest BCUT2D eigenvalue weighted by Gasteiger charge is -2.32. The summed E-state index contributed by atoms with van der Waals surface area (Å²) in [7, 11) is 0. The average Bonchev–Trinajstić information content (AvgIpc) is 2.59. The second kappa shape index (κ2) is 5.98. The van der Waals surface area contributed by atoms with Crippen molar-refractivity contribution in [2.45, 2.75) is 59.9 Å². The van der Waals surface area contributed by atoms with Gasteiger partial charge in [-0.1, -0.05) is 20.8 Å². The predicted molar refractivity (Wildman–Crippen MR) is 78.7 cm³/mol. The first-order chi connectivity index (χ1) is 9.40. The van der Waals surface area contributed by atoms with E-state index in [1.165, 1.54) is 6.42 Å². The van der Waals surface area contributed by atoms with E-state index >= 15 is 0 Å². The average molecular weight is 278 g/mol. The number of aryl methyl sites for hydroxylation is 2. The van der Waals surface area contributed by atoms with Gasteiger partial charge in [-0.05, 0) is 38.0 Å². The van der Waals surface area contributed by atoms with Crippen LogP contribution in [0.15, 0.2) is 4.42 Å². The smallest absolute Gasteiger partial charge is 0.291 e. The number of hydrogen-bond acceptors (Lipinski definition) is 3. The van der Waals surface area contributed by atoms with Crippen LogP contribution in [0, 0.1) is 25.7 Å². The number of rotatable bonds is 2. The molecule has 0 bridgehead atoms. The summed E-state index contributed by atoms with van der Waals surface area (Å²) in [5.41, 5.74) is 0.701. The monoisotopic (exact) mass is 278 g/mol. The Balaban J connectivity index is 2.26. The van der Waals surface area contributed by atoms with Crippen molar-refractivity contribution in [1.29, 1.82) is 0 Å². The Kier molecular flexibility index (Phi) is 4.51. The van der Waals surface area contributed by atoms with Gasteiger partial charge in [0.1, 0.15) is 0 Å². The molecule has 1 aliphatic rings. The minimum absolute atomic E-state index is 0.0101. The van der Waals surface area contributed by atoms with Crippen LogP contribution >= 0.6 is 0 Å². The second-order valence-electron chi connectivity index (χ2n) is 6.43. The largest absolute Gasteiger partial charge is 0.436 e. The topological polar surface area (TPSA) is 46.3 Å². The van der Waals surface area contributed by atoms with E-state index in [2.05, 4.69) is 25.8 Å². The summed E-state index contributed by atoms with van der Waals surface area (Å²) in [6.07, 6.45) is 3.35. The number of nitrogens with zero attached hydrogens (tertiary/aromatic N) is 2. The van der Waals surface area contributed by atoms with Crippen LogP contribution in [0.3, 0.4) is 0 Å². The van der Waals surface area contributed by atoms with E-state index in [0.717, 1.165) is 19.4 Å². The zero-order valence-corrected chi connectivity index (χ0v) is 13.3. The minimum Gasteiger partial charge on any atom is -0.436 e. The van der Waals surface area contributed by atoms with Gasteiger partial charge in [-0.15, -0.1) is 0 Å². The molecule has 1 aromatic rings. The van der Waals surface area contributed by atoms with E-state index in [0.29, 0.717) is 35.2 Å². The molecule has 1 fully saturated rings. The zero-order chi connectivity index (χ0) is 14.9. The fourth-order valence-corrected chi connectivity index (χ4v) is 3.09. The quantitative estimate of drug-likeness (QED) is 0.830. The predicted octanol–water partition coefficient (Wildman–Crippen LogP) is 3.58. The zero-order valence-electron chi connectivity index (χ0n) is 13.3. The standard InChI is InChI=1S/C16H26N2O2/c1-10(2)14-7-6-11(3)8-9-18(14)16(19)15-12(4)17-13(5)20-15/h10-11,14H,6-9H2,1-5H3/t11-,14-/m0/s1. The van der Waals surface area contributed by atoms with Gasteiger partial charge in [0.2, 0.25) is 5.76 Å². The first kappa shape index (κ1) is 15.1. The van der Waals surface area contributed by atoms with Crippen molar-refractivity contribution in [2.24, 2.45) is 11.8 Å². The van der Waals surface area contributed by atoms with Gasteiger partial charge in [-0.3, -0.25) is 4.79 Å². The number of amides is 1. The van der Waals surface area contributed by atoms with Crippen LogP contribution in [0.25, 0.3) is 0 Å². The Hall–Kier alpha value is -1.32. The molecule has 4 nitrogen and oxygen atoms in total. The third-order valence-corrected chi connectivity index (χ3v) is 4.35. The number of carbonyl (C=O) groups excluding carboxylic acids is 1. The molecule has 0 radical (unpaired) electrons. The number of likely N-dealkylation sites (tertiary alicyclic amines) is 1. The van der Waals surface area contributed by atoms with Gasteiger partial charge in [-0.2, -0.15) is 0 Å². The number of oxazole rings is 1. The summed E-state index contributed by atoms with van der Waals surface area (Å²) in [5.74, 6) is 2.15. The van der Waals surface area contributed by atoms with Crippen LogP contribution in [-0.2, 0) is 0 Å². The highest BCUT2D eigenvalue weighted by molar-refractivity contribution is 5.92. The third-order valence-electron chi connectivity index (χ3n) is 4.35. The van der Waals surface area contributed by atoms with Gasteiger partial charge in [0.05, 0.1) is 5.69 Å². The van der Waals surface area contributed by atoms with E-state index in [1.807, 2.05) is 11.8 Å². The molecule has 0 spiro atoms. The number of carbonyl (C=O) groups is 1. The molecular formula is C16H26N2O2. The molecule has 1 aromatic heterocycles. The molecule has 2 atom stereocenters. The first-order valence-corrected chi connectivity index (χ1v) is 7.65. The third kappa shape index (κ3) is 3.05. The van der Waals surface area contributed by atoms with Gasteiger partial charge in [-0.25, -0.2) is 4.98 Å². The normalized spacial score (nSPS) is 24.0. The van der Waals surface area contributed by atoms with Gasteiger partial charge in [0.15, 0.2) is 5.89 Å². The lowest BCUT2D eigenvalue weighted by atomic mass is 9.95. The van der Waals surface area contributed by atoms with Crippen molar-refractivity contribution in [3.05, 3.63) is 17.3 Å². The molecule has 1 aliphatic heterocycles. The van der Waals surface area contributed by atoms with Crippen molar-refractivity contribution in [2.75, 3.05) is 6.54 Å². The highest BCUT2D eigenvalue weighted by atomic mass is 16.4. The molecule has 1 amide bonds. The Bertz CT molecular complexity index is 479. The van der Waals surface area contributed by atoms with Crippen molar-refractivity contribution in [1.82, 2.24) is 9.88 Å². The first-order valence-electron chi connectivity index (χ1n) is 7.65. The van der Waals surface area contributed by atoms with Crippen LogP contribution in [0.4, 0.5) is 0 Å². The van der Waals surface area contributed by atoms with Gasteiger partial charge >= 0.3 is 0 Å². The molecule has 0 unspecified atom stereocenters. The lowest BCUT2D eigenvalue weighted by Crippen LogP contribution is -2.43. The van der Waals surface area contributed by atoms with Crippen LogP contribution in [0.5, 0.6) is 0 Å². The lowest BCUT2D eigenvalue weighted by molar-refractivity contribution is 0.0596. The summed E-state index contributed by atoms with van der Waals surface area (Å²) >= 11 is 0. The maximum absolute atomic E-state index is 12.8. The van der Waals surface area contributed by atoms with Crippen LogP contribution in [0.2, 0.25) is 0 Å². The SMILES string of the molecule is Cc1nc(C)c(C(=O)N2CC[C@@H](C)CC[C@H]2C(C)C)o1. The Labute approximate surface area is 121 Å². The highest BCUT2D eigenvalue weighted by Crippen LogP contribution is 2.28. The van der Waals surface area contributed by atoms with Gasteiger partial charge in [0.25, 0.3) is 5.91 Å². The van der Waals surface area contributed by atoms with Crippen molar-refractivity contribution in [3.8, 4) is 0 Å². The summed E-state index contributed by atoms with van der Waals surface area (Å²) < 4.78 is 5.52. The molecular weight excluding hydrogens is 252 g/mol. The van der Waals surface area contributed by atoms with Crippen molar-refractivity contribution >= 4 is 5.91 Å². The fraction of sp³-hybridized carbons (Fsp3) is 0.750. The molecule has 0 N–H and O–H groups in total. The van der Waals surface area contributed by atoms with E-state index < -0.39 is 0 Å². The molecule has 0 aromatic carbocycles. The van der Waals surface area contributed by atoms with E-state index in [-0.39, 0.29) is 5.91 Å². The highest BCUT2D eigenvalue weighted by Gasteiger charge is 2.32. The Morgan fingerprint density at radius 1 is 1.30 bits per heavy atom. The molecule has 4 heteroatoms. The molecule has 20 heavy (non-hydrogen) atoms. The molecule has 1 saturated heterocycles. The Morgan fingerprint density at radius 3 is 2.55 bits per heavy atom. The minimum atomic E-state index is 0.0101. The van der Waals surface area contributed by atoms with E-state index in [4.69, 9.17) is 4.42 Å². The number of hydrogen-bond donors (Lipinski definition) is 0. The van der Waals surface area contributed by atoms with Crippen molar-refractivity contribution in [3.63, 3.8) is 0 Å². The van der Waals surface area contributed by atoms with Gasteiger partial charge in [0, 0.05) is 19.5 Å². The Morgan fingerprint density at radius 2 is 2.00 bits per heavy atom. The van der Waals surface area contributed by atoms with Crippen LogP contribution in [0.1, 0.15) is 62.2 Å². The summed E-state index contributed by atoms with van der Waals surface area (Å²) in [4.78, 5) is 19.0. The molecule has 2 rings (SSSR count). The number of aromatic nitrogens is 1. The maximum atomic E-state index is 12.8. The van der Waals surface area contributed by atoms with Crippen LogP contribution in [-0.4, -0.2) is 28.4 Å². The summed E-state index contributed by atoms with van der Waals surface area (Å²) in [5, 5.41) is 0.